The predicted molar refractivity (Wildman–Crippen MR) is 35.6 cm³/mol. The molecule has 1 heterocycles. The van der Waals surface area contributed by atoms with Gasteiger partial charge in [-0.25, -0.2) is 0 Å². The standard InChI is InChI=1S/C3HCl2N5O/c4-1-7-2(5)9-3(8-1)11-10-6/h6H. The van der Waals surface area contributed by atoms with E-state index in [-0.39, 0.29) is 16.6 Å². The van der Waals surface area contributed by atoms with Crippen molar-refractivity contribution in [3.63, 3.8) is 0 Å². The highest BCUT2D eigenvalue weighted by molar-refractivity contribution is 6.31. The van der Waals surface area contributed by atoms with E-state index in [2.05, 4.69) is 25.1 Å². The van der Waals surface area contributed by atoms with E-state index in [1.165, 1.54) is 0 Å². The lowest BCUT2D eigenvalue weighted by atomic mass is 11.0. The van der Waals surface area contributed by atoms with Crippen molar-refractivity contribution >= 4 is 23.2 Å². The van der Waals surface area contributed by atoms with E-state index in [0.29, 0.717) is 0 Å². The highest BCUT2D eigenvalue weighted by Gasteiger charge is 2.02. The van der Waals surface area contributed by atoms with Gasteiger partial charge >= 0.3 is 6.01 Å². The zero-order valence-corrected chi connectivity index (χ0v) is 6.46. The fourth-order valence-electron chi connectivity index (χ4n) is 0.391. The average Bonchev–Trinajstić information content (AvgIpc) is 1.85. The summed E-state index contributed by atoms with van der Waals surface area (Å²) >= 11 is 10.7. The minimum absolute atomic E-state index is 0.108. The molecule has 8 heteroatoms. The van der Waals surface area contributed by atoms with Crippen LogP contribution in [-0.2, 0) is 0 Å². The van der Waals surface area contributed by atoms with E-state index in [0.717, 1.165) is 0 Å². The predicted octanol–water partition coefficient (Wildman–Crippen LogP) is 1.50. The molecule has 0 atom stereocenters. The van der Waals surface area contributed by atoms with Crippen molar-refractivity contribution in [1.29, 1.82) is 5.53 Å². The molecule has 0 aliphatic carbocycles. The van der Waals surface area contributed by atoms with Gasteiger partial charge in [-0.15, -0.1) is 0 Å². The van der Waals surface area contributed by atoms with Gasteiger partial charge in [-0.2, -0.15) is 20.5 Å². The zero-order chi connectivity index (χ0) is 8.27. The Hall–Kier alpha value is -1.01. The molecule has 0 amide bonds. The van der Waals surface area contributed by atoms with E-state index in [9.17, 15) is 0 Å². The molecule has 0 radical (unpaired) electrons. The van der Waals surface area contributed by atoms with E-state index in [1.807, 2.05) is 0 Å². The molecule has 11 heavy (non-hydrogen) atoms. The minimum Gasteiger partial charge on any atom is -0.297 e. The number of hydrogen-bond acceptors (Lipinski definition) is 6. The number of hydrogen-bond donors (Lipinski definition) is 1. The summed E-state index contributed by atoms with van der Waals surface area (Å²) in [6.45, 7) is 0. The average molecular weight is 194 g/mol. The van der Waals surface area contributed by atoms with E-state index < -0.39 is 0 Å². The number of aromatic nitrogens is 3. The molecule has 1 rings (SSSR count). The lowest BCUT2D eigenvalue weighted by Crippen LogP contribution is -1.93. The maximum absolute atomic E-state index is 6.30. The maximum Gasteiger partial charge on any atom is 0.353 e. The van der Waals surface area contributed by atoms with Crippen molar-refractivity contribution in [3.8, 4) is 6.01 Å². The second kappa shape index (κ2) is 3.40. The SMILES string of the molecule is N=NOc1nc(Cl)nc(Cl)n1. The number of nitrogens with zero attached hydrogens (tertiary/aromatic N) is 4. The Bertz CT molecular complexity index is 258. The first kappa shape index (κ1) is 8.09. The first-order chi connectivity index (χ1) is 5.22. The van der Waals surface area contributed by atoms with Crippen LogP contribution in [0.2, 0.25) is 10.6 Å². The Kier molecular flexibility index (Phi) is 2.50. The first-order valence-corrected chi connectivity index (χ1v) is 3.09. The summed E-state index contributed by atoms with van der Waals surface area (Å²) in [5.74, 6) is 0. The highest BCUT2D eigenvalue weighted by atomic mass is 35.5. The highest BCUT2D eigenvalue weighted by Crippen LogP contribution is 2.10. The van der Waals surface area contributed by atoms with Crippen LogP contribution >= 0.6 is 23.2 Å². The molecule has 0 spiro atoms. The molecule has 0 bridgehead atoms. The normalized spacial score (nSPS) is 9.27. The van der Waals surface area contributed by atoms with Crippen LogP contribution in [0.25, 0.3) is 0 Å². The Morgan fingerprint density at radius 1 is 1.18 bits per heavy atom. The van der Waals surface area contributed by atoms with Crippen LogP contribution in [0.3, 0.4) is 0 Å². The van der Waals surface area contributed by atoms with Crippen molar-refractivity contribution in [1.82, 2.24) is 15.0 Å². The van der Waals surface area contributed by atoms with E-state index in [1.54, 1.807) is 0 Å². The Morgan fingerprint density at radius 3 is 2.18 bits per heavy atom. The second-order valence-electron chi connectivity index (χ2n) is 1.34. The molecule has 1 aromatic rings. The van der Waals surface area contributed by atoms with Gasteiger partial charge in [0.25, 0.3) is 0 Å². The molecule has 1 aromatic heterocycles. The summed E-state index contributed by atoms with van der Waals surface area (Å²) < 4.78 is 0. The Morgan fingerprint density at radius 2 is 1.73 bits per heavy atom. The lowest BCUT2D eigenvalue weighted by Gasteiger charge is -1.93. The van der Waals surface area contributed by atoms with Crippen LogP contribution in [0.5, 0.6) is 6.01 Å². The van der Waals surface area contributed by atoms with Gasteiger partial charge in [0.2, 0.25) is 10.6 Å². The van der Waals surface area contributed by atoms with Gasteiger partial charge in [-0.3, -0.25) is 4.84 Å². The molecule has 1 N–H and O–H groups in total. The fourth-order valence-corrected chi connectivity index (χ4v) is 0.739. The van der Waals surface area contributed by atoms with Crippen LogP contribution in [0.1, 0.15) is 0 Å². The summed E-state index contributed by atoms with van der Waals surface area (Å²) in [6, 6.07) is -0.204. The smallest absolute Gasteiger partial charge is 0.297 e. The quantitative estimate of drug-likeness (QED) is 0.570. The second-order valence-corrected chi connectivity index (χ2v) is 2.01. The van der Waals surface area contributed by atoms with Crippen LogP contribution in [0.4, 0.5) is 0 Å². The van der Waals surface area contributed by atoms with Crippen LogP contribution in [0, 0.1) is 5.53 Å². The first-order valence-electron chi connectivity index (χ1n) is 2.33. The number of rotatable bonds is 2. The Labute approximate surface area is 71.0 Å². The third kappa shape index (κ3) is 2.24. The zero-order valence-electron chi connectivity index (χ0n) is 4.95. The summed E-state index contributed by atoms with van der Waals surface area (Å²) in [4.78, 5) is 14.6. The van der Waals surface area contributed by atoms with E-state index >= 15 is 0 Å². The van der Waals surface area contributed by atoms with Gasteiger partial charge in [0.15, 0.2) is 0 Å². The number of halogens is 2. The van der Waals surface area contributed by atoms with Crippen molar-refractivity contribution < 1.29 is 4.84 Å². The van der Waals surface area contributed by atoms with Gasteiger partial charge in [0, 0.05) is 5.28 Å². The molecule has 0 aliphatic rings. The summed E-state index contributed by atoms with van der Waals surface area (Å²) in [5, 5.41) is 2.35. The van der Waals surface area contributed by atoms with Gasteiger partial charge in [0.05, 0.1) is 0 Å². The molecule has 0 aliphatic heterocycles. The molecule has 0 aromatic carbocycles. The monoisotopic (exact) mass is 193 g/mol. The molecule has 0 saturated heterocycles. The van der Waals surface area contributed by atoms with Crippen LogP contribution < -0.4 is 4.84 Å². The fraction of sp³-hybridized carbons (Fsp3) is 0. The topological polar surface area (TPSA) is 84.1 Å². The van der Waals surface area contributed by atoms with Gasteiger partial charge in [-0.05, 0) is 23.2 Å². The Balaban J connectivity index is 2.98. The van der Waals surface area contributed by atoms with Gasteiger partial charge in [0.1, 0.15) is 0 Å². The van der Waals surface area contributed by atoms with Crippen molar-refractivity contribution in [3.05, 3.63) is 10.6 Å². The van der Waals surface area contributed by atoms with Crippen molar-refractivity contribution in [2.24, 2.45) is 5.28 Å². The van der Waals surface area contributed by atoms with Gasteiger partial charge < -0.3 is 0 Å². The lowest BCUT2D eigenvalue weighted by molar-refractivity contribution is 0.273. The van der Waals surface area contributed by atoms with Crippen molar-refractivity contribution in [2.75, 3.05) is 0 Å². The number of nitrogens with one attached hydrogen (secondary N) is 1. The largest absolute Gasteiger partial charge is 0.353 e. The molecule has 58 valence electrons. The minimum atomic E-state index is -0.204. The molecule has 0 unspecified atom stereocenters. The summed E-state index contributed by atoms with van der Waals surface area (Å²) in [7, 11) is 0. The molecule has 6 nitrogen and oxygen atoms in total. The summed E-state index contributed by atoms with van der Waals surface area (Å²) in [6.07, 6.45) is 0. The maximum atomic E-state index is 6.30. The molecule has 0 fully saturated rings. The summed E-state index contributed by atoms with van der Waals surface area (Å²) in [5.41, 5.74) is 6.30. The van der Waals surface area contributed by atoms with Gasteiger partial charge in [-0.1, -0.05) is 0 Å². The van der Waals surface area contributed by atoms with Crippen LogP contribution in [0.15, 0.2) is 5.28 Å². The third-order valence-corrected chi connectivity index (χ3v) is 1.03. The van der Waals surface area contributed by atoms with Crippen molar-refractivity contribution in [2.45, 2.75) is 0 Å². The molecule has 0 saturated carbocycles. The molecular formula is C3HCl2N5O. The molecular weight excluding hydrogens is 193 g/mol. The third-order valence-electron chi connectivity index (χ3n) is 0.688. The van der Waals surface area contributed by atoms with E-state index in [4.69, 9.17) is 28.7 Å². The van der Waals surface area contributed by atoms with Crippen LogP contribution in [-0.4, -0.2) is 15.0 Å².